The first-order valence-electron chi connectivity index (χ1n) is 6.58. The van der Waals surface area contributed by atoms with E-state index in [9.17, 15) is 26.7 Å². The summed E-state index contributed by atoms with van der Waals surface area (Å²) >= 11 is 0. The van der Waals surface area contributed by atoms with E-state index in [2.05, 4.69) is 0 Å². The number of hydrogen-bond donors (Lipinski definition) is 1. The third-order valence-corrected chi connectivity index (χ3v) is 4.16. The highest BCUT2D eigenvalue weighted by Crippen LogP contribution is 2.32. The Bertz CT molecular complexity index is 612. The van der Waals surface area contributed by atoms with Crippen molar-refractivity contribution >= 4 is 9.84 Å². The molecule has 1 aromatic rings. The fraction of sp³-hybridized carbons (Fsp3) is 0.571. The highest BCUT2D eigenvalue weighted by Gasteiger charge is 2.33. The molecule has 1 N–H and O–H groups in total. The SMILES string of the molecule is CN(CCS(C)(=O)=O)CC(C)(O)c1cccc(C(F)(F)F)c1. The molecule has 0 aromatic heterocycles. The maximum Gasteiger partial charge on any atom is 0.416 e. The third-order valence-electron chi connectivity index (χ3n) is 3.23. The Balaban J connectivity index is 2.86. The number of rotatable bonds is 6. The van der Waals surface area contributed by atoms with Crippen molar-refractivity contribution in [1.29, 1.82) is 0 Å². The Morgan fingerprint density at radius 3 is 2.27 bits per heavy atom. The van der Waals surface area contributed by atoms with Gasteiger partial charge in [-0.3, -0.25) is 0 Å². The van der Waals surface area contributed by atoms with Gasteiger partial charge in [0.25, 0.3) is 0 Å². The minimum atomic E-state index is -4.48. The zero-order chi connectivity index (χ0) is 17.2. The monoisotopic (exact) mass is 339 g/mol. The van der Waals surface area contributed by atoms with Crippen molar-refractivity contribution in [3.63, 3.8) is 0 Å². The third kappa shape index (κ3) is 5.94. The van der Waals surface area contributed by atoms with Crippen molar-refractivity contribution in [2.45, 2.75) is 18.7 Å². The van der Waals surface area contributed by atoms with Crippen molar-refractivity contribution in [2.75, 3.05) is 32.1 Å². The summed E-state index contributed by atoms with van der Waals surface area (Å²) in [6.07, 6.45) is -3.37. The van der Waals surface area contributed by atoms with Gasteiger partial charge in [0, 0.05) is 19.3 Å². The number of halogens is 3. The van der Waals surface area contributed by atoms with Gasteiger partial charge < -0.3 is 10.0 Å². The Morgan fingerprint density at radius 1 is 1.23 bits per heavy atom. The lowest BCUT2D eigenvalue weighted by Gasteiger charge is -2.30. The highest BCUT2D eigenvalue weighted by molar-refractivity contribution is 7.90. The van der Waals surface area contributed by atoms with Crippen LogP contribution in [0, 0.1) is 0 Å². The van der Waals surface area contributed by atoms with E-state index in [0.29, 0.717) is 0 Å². The molecule has 1 atom stereocenters. The summed E-state index contributed by atoms with van der Waals surface area (Å²) in [7, 11) is -1.53. The van der Waals surface area contributed by atoms with Gasteiger partial charge in [-0.25, -0.2) is 8.42 Å². The molecule has 22 heavy (non-hydrogen) atoms. The highest BCUT2D eigenvalue weighted by atomic mass is 32.2. The van der Waals surface area contributed by atoms with Gasteiger partial charge in [-0.05, 0) is 31.7 Å². The summed E-state index contributed by atoms with van der Waals surface area (Å²) in [6.45, 7) is 1.61. The second-order valence-electron chi connectivity index (χ2n) is 5.72. The minimum absolute atomic E-state index is 0.0177. The van der Waals surface area contributed by atoms with Crippen LogP contribution in [0.3, 0.4) is 0 Å². The topological polar surface area (TPSA) is 57.6 Å². The van der Waals surface area contributed by atoms with E-state index < -0.39 is 27.2 Å². The van der Waals surface area contributed by atoms with Gasteiger partial charge in [0.1, 0.15) is 9.84 Å². The van der Waals surface area contributed by atoms with Crippen LogP contribution in [0.2, 0.25) is 0 Å². The van der Waals surface area contributed by atoms with Gasteiger partial charge in [-0.1, -0.05) is 12.1 Å². The van der Waals surface area contributed by atoms with Crippen molar-refractivity contribution < 1.29 is 26.7 Å². The summed E-state index contributed by atoms with van der Waals surface area (Å²) in [5, 5.41) is 10.4. The van der Waals surface area contributed by atoms with E-state index in [1.165, 1.54) is 19.1 Å². The minimum Gasteiger partial charge on any atom is -0.384 e. The van der Waals surface area contributed by atoms with Gasteiger partial charge in [0.05, 0.1) is 16.9 Å². The first kappa shape index (κ1) is 18.9. The van der Waals surface area contributed by atoms with Crippen LogP contribution < -0.4 is 0 Å². The Labute approximate surface area is 128 Å². The van der Waals surface area contributed by atoms with Crippen LogP contribution in [0.4, 0.5) is 13.2 Å². The van der Waals surface area contributed by atoms with E-state index in [0.717, 1.165) is 18.4 Å². The Hall–Kier alpha value is -1.12. The van der Waals surface area contributed by atoms with Crippen molar-refractivity contribution in [3.05, 3.63) is 35.4 Å². The fourth-order valence-corrected chi connectivity index (χ4v) is 2.69. The second kappa shape index (κ2) is 6.55. The predicted octanol–water partition coefficient (Wildman–Crippen LogP) is 1.89. The van der Waals surface area contributed by atoms with Gasteiger partial charge in [0.15, 0.2) is 0 Å². The Morgan fingerprint density at radius 2 is 1.77 bits per heavy atom. The molecule has 0 radical (unpaired) electrons. The van der Waals surface area contributed by atoms with Gasteiger partial charge in [-0.2, -0.15) is 13.2 Å². The number of aliphatic hydroxyl groups is 1. The Kier molecular flexibility index (Phi) is 5.64. The molecular formula is C14H20F3NO3S. The smallest absolute Gasteiger partial charge is 0.384 e. The second-order valence-corrected chi connectivity index (χ2v) is 7.98. The van der Waals surface area contributed by atoms with Crippen LogP contribution in [-0.2, 0) is 21.6 Å². The van der Waals surface area contributed by atoms with Crippen LogP contribution in [0.15, 0.2) is 24.3 Å². The van der Waals surface area contributed by atoms with Crippen molar-refractivity contribution in [3.8, 4) is 0 Å². The average Bonchev–Trinajstić information content (AvgIpc) is 2.34. The van der Waals surface area contributed by atoms with E-state index >= 15 is 0 Å². The quantitative estimate of drug-likeness (QED) is 0.860. The van der Waals surface area contributed by atoms with Crippen LogP contribution >= 0.6 is 0 Å². The first-order valence-corrected chi connectivity index (χ1v) is 8.64. The number of likely N-dealkylation sites (N-methyl/N-ethyl adjacent to an activating group) is 1. The molecule has 0 aliphatic rings. The van der Waals surface area contributed by atoms with Crippen molar-refractivity contribution in [1.82, 2.24) is 4.90 Å². The maximum absolute atomic E-state index is 12.7. The molecular weight excluding hydrogens is 319 g/mol. The van der Waals surface area contributed by atoms with Gasteiger partial charge in [-0.15, -0.1) is 0 Å². The van der Waals surface area contributed by atoms with Crippen LogP contribution in [0.1, 0.15) is 18.1 Å². The summed E-state index contributed by atoms with van der Waals surface area (Å²) in [4.78, 5) is 1.57. The van der Waals surface area contributed by atoms with E-state index in [4.69, 9.17) is 0 Å². The molecule has 0 spiro atoms. The zero-order valence-corrected chi connectivity index (χ0v) is 13.5. The summed E-state index contributed by atoms with van der Waals surface area (Å²) in [5.74, 6) is -0.0812. The largest absolute Gasteiger partial charge is 0.416 e. The van der Waals surface area contributed by atoms with Gasteiger partial charge in [0.2, 0.25) is 0 Å². The number of benzene rings is 1. The van der Waals surface area contributed by atoms with E-state index in [1.54, 1.807) is 11.9 Å². The molecule has 0 fully saturated rings. The lowest BCUT2D eigenvalue weighted by molar-refractivity contribution is -0.137. The molecule has 0 aliphatic heterocycles. The normalized spacial score (nSPS) is 15.8. The molecule has 1 unspecified atom stereocenters. The van der Waals surface area contributed by atoms with E-state index in [1.807, 2.05) is 0 Å². The number of nitrogens with zero attached hydrogens (tertiary/aromatic N) is 1. The summed E-state index contributed by atoms with van der Waals surface area (Å²) in [6, 6.07) is 4.50. The molecule has 0 bridgehead atoms. The fourth-order valence-electron chi connectivity index (χ4n) is 2.05. The average molecular weight is 339 g/mol. The molecule has 0 amide bonds. The number of alkyl halides is 3. The molecule has 0 aliphatic carbocycles. The lowest BCUT2D eigenvalue weighted by atomic mass is 9.94. The summed E-state index contributed by atoms with van der Waals surface area (Å²) < 4.78 is 60.4. The van der Waals surface area contributed by atoms with Gasteiger partial charge >= 0.3 is 6.18 Å². The first-order chi connectivity index (χ1) is 9.81. The standard InChI is InChI=1S/C14H20F3NO3S/c1-13(19,10-18(2)7-8-22(3,20)21)11-5-4-6-12(9-11)14(15,16)17/h4-6,9,19H,7-8,10H2,1-3H3. The number of hydrogen-bond acceptors (Lipinski definition) is 4. The molecule has 0 saturated heterocycles. The van der Waals surface area contributed by atoms with Crippen LogP contribution in [0.25, 0.3) is 0 Å². The zero-order valence-electron chi connectivity index (χ0n) is 12.7. The molecule has 126 valence electrons. The summed E-state index contributed by atoms with van der Waals surface area (Å²) in [5.41, 5.74) is -2.22. The molecule has 1 rings (SSSR count). The number of sulfone groups is 1. The van der Waals surface area contributed by atoms with E-state index in [-0.39, 0.29) is 24.4 Å². The molecule has 0 heterocycles. The molecule has 4 nitrogen and oxygen atoms in total. The molecule has 8 heteroatoms. The lowest BCUT2D eigenvalue weighted by Crippen LogP contribution is -2.38. The van der Waals surface area contributed by atoms with Crippen LogP contribution in [-0.4, -0.2) is 50.6 Å². The van der Waals surface area contributed by atoms with Crippen molar-refractivity contribution in [2.24, 2.45) is 0 Å². The maximum atomic E-state index is 12.7. The predicted molar refractivity (Wildman–Crippen MR) is 78.2 cm³/mol. The molecule has 0 saturated carbocycles. The molecule has 1 aromatic carbocycles. The van der Waals surface area contributed by atoms with Crippen LogP contribution in [0.5, 0.6) is 0 Å².